The van der Waals surface area contributed by atoms with E-state index >= 15 is 0 Å². The Morgan fingerprint density at radius 2 is 1.64 bits per heavy atom. The molecule has 0 bridgehead atoms. The van der Waals surface area contributed by atoms with Crippen LogP contribution < -0.4 is 0 Å². The van der Waals surface area contributed by atoms with E-state index in [4.69, 9.17) is 10.1 Å². The van der Waals surface area contributed by atoms with Gasteiger partial charge in [0.2, 0.25) is 0 Å². The van der Waals surface area contributed by atoms with Crippen LogP contribution in [0.4, 0.5) is 0 Å². The highest BCUT2D eigenvalue weighted by Gasteiger charge is 2.17. The zero-order chi connectivity index (χ0) is 19.1. The van der Waals surface area contributed by atoms with Crippen molar-refractivity contribution < 1.29 is 0 Å². The molecule has 136 valence electrons. The molecule has 2 aromatic heterocycles. The van der Waals surface area contributed by atoms with Gasteiger partial charge in [0, 0.05) is 22.5 Å². The molecule has 28 heavy (non-hydrogen) atoms. The summed E-state index contributed by atoms with van der Waals surface area (Å²) in [6.07, 6.45) is 2.96. The zero-order valence-electron chi connectivity index (χ0n) is 16.1. The number of hydrogen-bond acceptors (Lipinski definition) is 2. The topological polar surface area (TPSA) is 30.7 Å². The highest BCUT2D eigenvalue weighted by Crippen LogP contribution is 2.34. The minimum atomic E-state index is 0.965. The number of aryl methyl sites for hydroxylation is 2. The fourth-order valence-corrected chi connectivity index (χ4v) is 3.73. The minimum Gasteiger partial charge on any atom is -0.255 e. The zero-order valence-corrected chi connectivity index (χ0v) is 16.1. The molecule has 3 heteroatoms. The molecular weight excluding hydrogens is 342 g/mol. The summed E-state index contributed by atoms with van der Waals surface area (Å²) in [5.74, 6) is 0. The summed E-state index contributed by atoms with van der Waals surface area (Å²) in [7, 11) is 0. The van der Waals surface area contributed by atoms with Crippen molar-refractivity contribution in [3.8, 4) is 16.9 Å². The Hall–Kier alpha value is -3.46. The summed E-state index contributed by atoms with van der Waals surface area (Å²) in [4.78, 5) is 4.74. The lowest BCUT2D eigenvalue weighted by atomic mass is 10.0. The third-order valence-electron chi connectivity index (χ3n) is 5.30. The average molecular weight is 363 g/mol. The Kier molecular flexibility index (Phi) is 3.94. The van der Waals surface area contributed by atoms with Gasteiger partial charge in [-0.3, -0.25) is 4.98 Å². The average Bonchev–Trinajstić information content (AvgIpc) is 3.14. The smallest absolute Gasteiger partial charge is 0.102 e. The van der Waals surface area contributed by atoms with Gasteiger partial charge in [-0.1, -0.05) is 61.0 Å². The van der Waals surface area contributed by atoms with Gasteiger partial charge in [0.1, 0.15) is 5.69 Å². The fraction of sp³-hybridized carbons (Fsp3) is 0.120. The van der Waals surface area contributed by atoms with Crippen molar-refractivity contribution in [2.24, 2.45) is 0 Å². The predicted octanol–water partition coefficient (Wildman–Crippen LogP) is 6.11. The molecule has 0 amide bonds. The summed E-state index contributed by atoms with van der Waals surface area (Å²) in [6.45, 7) is 4.29. The number of rotatable bonds is 3. The molecule has 0 N–H and O–H groups in total. The van der Waals surface area contributed by atoms with E-state index in [2.05, 4.69) is 85.3 Å². The second kappa shape index (κ2) is 6.61. The van der Waals surface area contributed by atoms with Crippen LogP contribution in [0.2, 0.25) is 0 Å². The van der Waals surface area contributed by atoms with Gasteiger partial charge in [0.25, 0.3) is 0 Å². The van der Waals surface area contributed by atoms with Gasteiger partial charge >= 0.3 is 0 Å². The van der Waals surface area contributed by atoms with Gasteiger partial charge < -0.3 is 0 Å². The summed E-state index contributed by atoms with van der Waals surface area (Å²) in [5, 5.41) is 7.26. The molecule has 0 unspecified atom stereocenters. The Balaban J connectivity index is 1.91. The van der Waals surface area contributed by atoms with E-state index in [1.54, 1.807) is 0 Å². The predicted molar refractivity (Wildman–Crippen MR) is 116 cm³/mol. The molecule has 3 aromatic carbocycles. The second-order valence-corrected chi connectivity index (χ2v) is 7.19. The van der Waals surface area contributed by atoms with Gasteiger partial charge in [-0.25, -0.2) is 4.68 Å². The molecule has 3 nitrogen and oxygen atoms in total. The first-order valence-corrected chi connectivity index (χ1v) is 9.67. The van der Waals surface area contributed by atoms with Crippen molar-refractivity contribution >= 4 is 21.8 Å². The van der Waals surface area contributed by atoms with Gasteiger partial charge in [-0.2, -0.15) is 5.10 Å². The van der Waals surface area contributed by atoms with Gasteiger partial charge in [0.05, 0.1) is 16.7 Å². The third kappa shape index (κ3) is 2.67. The molecule has 0 aliphatic carbocycles. The number of nitrogens with zero attached hydrogens (tertiary/aromatic N) is 3. The van der Waals surface area contributed by atoms with Crippen molar-refractivity contribution in [1.82, 2.24) is 14.8 Å². The fourth-order valence-electron chi connectivity index (χ4n) is 3.73. The molecular formula is C25H21N3. The number of fused-ring (bicyclic) bond motifs is 3. The standard InChI is InChI=1S/C25H21N3/c1-3-18-11-14-23-21(15-18)25-22(16-26-23)24(19-7-5-4-6-8-19)27-28(25)20-12-9-17(2)10-13-20/h4-16H,3H2,1-2H3. The van der Waals surface area contributed by atoms with Crippen molar-refractivity contribution in [2.45, 2.75) is 20.3 Å². The molecule has 0 radical (unpaired) electrons. The number of aromatic nitrogens is 3. The van der Waals surface area contributed by atoms with E-state index < -0.39 is 0 Å². The van der Waals surface area contributed by atoms with Crippen molar-refractivity contribution in [2.75, 3.05) is 0 Å². The van der Waals surface area contributed by atoms with E-state index in [0.29, 0.717) is 0 Å². The van der Waals surface area contributed by atoms with Crippen LogP contribution >= 0.6 is 0 Å². The van der Waals surface area contributed by atoms with E-state index in [1.165, 1.54) is 11.1 Å². The van der Waals surface area contributed by atoms with Gasteiger partial charge in [0.15, 0.2) is 0 Å². The first-order valence-electron chi connectivity index (χ1n) is 9.67. The monoisotopic (exact) mass is 363 g/mol. The second-order valence-electron chi connectivity index (χ2n) is 7.19. The van der Waals surface area contributed by atoms with Gasteiger partial charge in [-0.15, -0.1) is 0 Å². The number of pyridine rings is 1. The molecule has 0 spiro atoms. The first kappa shape index (κ1) is 16.7. The maximum Gasteiger partial charge on any atom is 0.102 e. The van der Waals surface area contributed by atoms with Crippen molar-refractivity contribution in [3.63, 3.8) is 0 Å². The van der Waals surface area contributed by atoms with Crippen LogP contribution in [0, 0.1) is 6.92 Å². The van der Waals surface area contributed by atoms with E-state index in [1.807, 2.05) is 12.3 Å². The van der Waals surface area contributed by atoms with Crippen LogP contribution in [0.3, 0.4) is 0 Å². The van der Waals surface area contributed by atoms with Crippen LogP contribution in [0.1, 0.15) is 18.1 Å². The molecule has 0 saturated heterocycles. The number of hydrogen-bond donors (Lipinski definition) is 0. The molecule has 0 aliphatic rings. The highest BCUT2D eigenvalue weighted by atomic mass is 15.3. The molecule has 0 saturated carbocycles. The SMILES string of the molecule is CCc1ccc2ncc3c(-c4ccccc4)nn(-c4ccc(C)cc4)c3c2c1. The van der Waals surface area contributed by atoms with Crippen molar-refractivity contribution in [3.05, 3.63) is 90.1 Å². The largest absolute Gasteiger partial charge is 0.255 e. The van der Waals surface area contributed by atoms with Crippen molar-refractivity contribution in [1.29, 1.82) is 0 Å². The Bertz CT molecular complexity index is 1280. The Morgan fingerprint density at radius 3 is 2.39 bits per heavy atom. The summed E-state index contributed by atoms with van der Waals surface area (Å²) in [5.41, 5.74) is 7.79. The molecule has 5 aromatic rings. The molecule has 0 aliphatic heterocycles. The molecule has 5 rings (SSSR count). The highest BCUT2D eigenvalue weighted by molar-refractivity contribution is 6.08. The number of benzene rings is 3. The van der Waals surface area contributed by atoms with E-state index in [-0.39, 0.29) is 0 Å². The molecule has 2 heterocycles. The molecule has 0 fully saturated rings. The maximum absolute atomic E-state index is 5.04. The van der Waals surface area contributed by atoms with E-state index in [9.17, 15) is 0 Å². The minimum absolute atomic E-state index is 0.965. The lowest BCUT2D eigenvalue weighted by molar-refractivity contribution is 0.917. The van der Waals surface area contributed by atoms with Gasteiger partial charge in [-0.05, 0) is 43.2 Å². The van der Waals surface area contributed by atoms with E-state index in [0.717, 1.165) is 45.2 Å². The van der Waals surface area contributed by atoms with Crippen LogP contribution in [-0.4, -0.2) is 14.8 Å². The third-order valence-corrected chi connectivity index (χ3v) is 5.30. The van der Waals surface area contributed by atoms with Crippen LogP contribution in [-0.2, 0) is 6.42 Å². The van der Waals surface area contributed by atoms with Crippen LogP contribution in [0.25, 0.3) is 38.8 Å². The lowest BCUT2D eigenvalue weighted by Gasteiger charge is -2.07. The quantitative estimate of drug-likeness (QED) is 0.387. The Morgan fingerprint density at radius 1 is 0.857 bits per heavy atom. The lowest BCUT2D eigenvalue weighted by Crippen LogP contribution is -1.97. The molecule has 0 atom stereocenters. The Labute approximate surface area is 164 Å². The first-order chi connectivity index (χ1) is 13.7. The van der Waals surface area contributed by atoms with Crippen LogP contribution in [0.15, 0.2) is 79.0 Å². The maximum atomic E-state index is 5.04. The summed E-state index contributed by atoms with van der Waals surface area (Å²) >= 11 is 0. The van der Waals surface area contributed by atoms with Crippen LogP contribution in [0.5, 0.6) is 0 Å². The summed E-state index contributed by atoms with van der Waals surface area (Å²) < 4.78 is 2.07. The normalized spacial score (nSPS) is 11.4. The summed E-state index contributed by atoms with van der Waals surface area (Å²) in [6, 6.07) is 25.4.